The Labute approximate surface area is 118 Å². The normalized spacial score (nSPS) is 16.4. The number of nitrogens with zero attached hydrogens (tertiary/aromatic N) is 1. The predicted molar refractivity (Wildman–Crippen MR) is 68.6 cm³/mol. The summed E-state index contributed by atoms with van der Waals surface area (Å²) >= 11 is 0. The Morgan fingerprint density at radius 1 is 1.52 bits per heavy atom. The van der Waals surface area contributed by atoms with Crippen molar-refractivity contribution in [3.05, 3.63) is 28.3 Å². The van der Waals surface area contributed by atoms with Crippen molar-refractivity contribution in [2.75, 3.05) is 31.7 Å². The number of hydrogen-bond acceptors (Lipinski definition) is 6. The van der Waals surface area contributed by atoms with Crippen LogP contribution in [0.4, 0.5) is 20.2 Å². The van der Waals surface area contributed by atoms with E-state index < -0.39 is 28.4 Å². The molecule has 0 saturated carbocycles. The quantitative estimate of drug-likeness (QED) is 0.587. The zero-order chi connectivity index (χ0) is 15.5. The standard InChI is InChI=1S/C12H14F2N2O5/c13-11(14)21-10-3-8(1-2-9(10)16(18)19)15-4-12(5-17)6-20-7-12/h1-3,11,15,17H,4-7H2. The van der Waals surface area contributed by atoms with Crippen LogP contribution in [-0.2, 0) is 4.74 Å². The molecule has 21 heavy (non-hydrogen) atoms. The number of aliphatic hydroxyl groups excluding tert-OH is 1. The van der Waals surface area contributed by atoms with Gasteiger partial charge >= 0.3 is 12.3 Å². The van der Waals surface area contributed by atoms with Crippen LogP contribution in [0, 0.1) is 15.5 Å². The Morgan fingerprint density at radius 2 is 2.24 bits per heavy atom. The van der Waals surface area contributed by atoms with Gasteiger partial charge in [0.05, 0.1) is 30.2 Å². The molecule has 0 aliphatic carbocycles. The maximum absolute atomic E-state index is 12.3. The first-order chi connectivity index (χ1) is 9.96. The molecule has 116 valence electrons. The Bertz CT molecular complexity index is 517. The van der Waals surface area contributed by atoms with E-state index in [2.05, 4.69) is 10.1 Å². The van der Waals surface area contributed by atoms with Gasteiger partial charge in [-0.25, -0.2) is 0 Å². The summed E-state index contributed by atoms with van der Waals surface area (Å²) in [6.45, 7) is -2.08. The molecule has 0 spiro atoms. The van der Waals surface area contributed by atoms with Crippen LogP contribution in [0.15, 0.2) is 18.2 Å². The molecule has 2 N–H and O–H groups in total. The zero-order valence-corrected chi connectivity index (χ0v) is 10.9. The second kappa shape index (κ2) is 6.19. The van der Waals surface area contributed by atoms with E-state index in [-0.39, 0.29) is 6.61 Å². The van der Waals surface area contributed by atoms with E-state index in [9.17, 15) is 24.0 Å². The Morgan fingerprint density at radius 3 is 2.71 bits per heavy atom. The molecule has 0 bridgehead atoms. The van der Waals surface area contributed by atoms with Crippen LogP contribution in [0.2, 0.25) is 0 Å². The molecule has 1 aliphatic rings. The molecular weight excluding hydrogens is 290 g/mol. The highest BCUT2D eigenvalue weighted by atomic mass is 19.3. The lowest BCUT2D eigenvalue weighted by atomic mass is 9.87. The van der Waals surface area contributed by atoms with Gasteiger partial charge < -0.3 is 19.9 Å². The average Bonchev–Trinajstić information content (AvgIpc) is 2.37. The minimum absolute atomic E-state index is 0.0760. The van der Waals surface area contributed by atoms with E-state index in [1.807, 2.05) is 0 Å². The van der Waals surface area contributed by atoms with Gasteiger partial charge in [-0.2, -0.15) is 8.78 Å². The Balaban J connectivity index is 2.11. The summed E-state index contributed by atoms with van der Waals surface area (Å²) in [5.74, 6) is -0.511. The Kier molecular flexibility index (Phi) is 4.53. The fourth-order valence-corrected chi connectivity index (χ4v) is 1.89. The SMILES string of the molecule is O=[N+]([O-])c1ccc(NCC2(CO)COC2)cc1OC(F)F. The van der Waals surface area contributed by atoms with Crippen LogP contribution >= 0.6 is 0 Å². The van der Waals surface area contributed by atoms with Crippen LogP contribution in [0.5, 0.6) is 5.75 Å². The minimum Gasteiger partial charge on any atom is -0.427 e. The van der Waals surface area contributed by atoms with Crippen LogP contribution in [0.25, 0.3) is 0 Å². The zero-order valence-electron chi connectivity index (χ0n) is 10.9. The number of halogens is 2. The fraction of sp³-hybridized carbons (Fsp3) is 0.500. The molecular formula is C12H14F2N2O5. The molecule has 0 amide bonds. The molecule has 7 nitrogen and oxygen atoms in total. The van der Waals surface area contributed by atoms with Gasteiger partial charge in [-0.05, 0) is 6.07 Å². The second-order valence-corrected chi connectivity index (χ2v) is 4.82. The van der Waals surface area contributed by atoms with E-state index in [0.717, 1.165) is 12.1 Å². The summed E-state index contributed by atoms with van der Waals surface area (Å²) in [6.07, 6.45) is 0. The van der Waals surface area contributed by atoms with Crippen molar-refractivity contribution in [2.45, 2.75) is 6.61 Å². The van der Waals surface area contributed by atoms with E-state index in [1.54, 1.807) is 0 Å². The van der Waals surface area contributed by atoms with Gasteiger partial charge in [-0.1, -0.05) is 0 Å². The van der Waals surface area contributed by atoms with Crippen molar-refractivity contribution in [3.63, 3.8) is 0 Å². The lowest BCUT2D eigenvalue weighted by Gasteiger charge is -2.40. The molecule has 1 aromatic rings. The largest absolute Gasteiger partial charge is 0.427 e. The van der Waals surface area contributed by atoms with Gasteiger partial charge in [-0.3, -0.25) is 10.1 Å². The van der Waals surface area contributed by atoms with E-state index >= 15 is 0 Å². The number of nitro benzene ring substituents is 1. The Hall–Kier alpha value is -2.00. The van der Waals surface area contributed by atoms with Gasteiger partial charge in [0.2, 0.25) is 5.75 Å². The number of rotatable bonds is 7. The van der Waals surface area contributed by atoms with Crippen molar-refractivity contribution in [1.82, 2.24) is 0 Å². The molecule has 9 heteroatoms. The number of alkyl halides is 2. The van der Waals surface area contributed by atoms with Crippen LogP contribution in [0.1, 0.15) is 0 Å². The maximum atomic E-state index is 12.3. The van der Waals surface area contributed by atoms with Crippen molar-refractivity contribution in [2.24, 2.45) is 5.41 Å². The summed E-state index contributed by atoms with van der Waals surface area (Å²) in [4.78, 5) is 9.95. The molecule has 1 fully saturated rings. The van der Waals surface area contributed by atoms with Gasteiger partial charge in [-0.15, -0.1) is 0 Å². The summed E-state index contributed by atoms with van der Waals surface area (Å²) in [5, 5.41) is 22.9. The smallest absolute Gasteiger partial charge is 0.387 e. The molecule has 0 unspecified atom stereocenters. The number of hydrogen-bond donors (Lipinski definition) is 2. The van der Waals surface area contributed by atoms with E-state index in [4.69, 9.17) is 4.74 Å². The first-order valence-electron chi connectivity index (χ1n) is 6.11. The topological polar surface area (TPSA) is 93.9 Å². The number of nitrogens with one attached hydrogen (secondary N) is 1. The summed E-state index contributed by atoms with van der Waals surface area (Å²) < 4.78 is 33.7. The average molecular weight is 304 g/mol. The monoisotopic (exact) mass is 304 g/mol. The number of nitro groups is 1. The number of anilines is 1. The first kappa shape index (κ1) is 15.4. The molecule has 0 atom stereocenters. The summed E-state index contributed by atoms with van der Waals surface area (Å²) in [7, 11) is 0. The lowest BCUT2D eigenvalue weighted by Crippen LogP contribution is -2.50. The van der Waals surface area contributed by atoms with Crippen molar-refractivity contribution >= 4 is 11.4 Å². The van der Waals surface area contributed by atoms with E-state index in [1.165, 1.54) is 6.07 Å². The van der Waals surface area contributed by atoms with Crippen LogP contribution in [0.3, 0.4) is 0 Å². The van der Waals surface area contributed by atoms with Gasteiger partial charge in [0.1, 0.15) is 0 Å². The van der Waals surface area contributed by atoms with Crippen molar-refractivity contribution < 1.29 is 28.3 Å². The molecule has 0 radical (unpaired) electrons. The van der Waals surface area contributed by atoms with Crippen molar-refractivity contribution in [3.8, 4) is 5.75 Å². The van der Waals surface area contributed by atoms with Crippen molar-refractivity contribution in [1.29, 1.82) is 0 Å². The van der Waals surface area contributed by atoms with E-state index in [0.29, 0.717) is 25.4 Å². The number of ether oxygens (including phenoxy) is 2. The molecule has 2 rings (SSSR count). The highest BCUT2D eigenvalue weighted by molar-refractivity contribution is 5.58. The molecule has 1 saturated heterocycles. The lowest BCUT2D eigenvalue weighted by molar-refractivity contribution is -0.386. The summed E-state index contributed by atoms with van der Waals surface area (Å²) in [6, 6.07) is 3.61. The third-order valence-corrected chi connectivity index (χ3v) is 3.19. The van der Waals surface area contributed by atoms with Crippen LogP contribution < -0.4 is 10.1 Å². The minimum atomic E-state index is -3.15. The molecule has 1 aliphatic heterocycles. The molecule has 1 aromatic carbocycles. The second-order valence-electron chi connectivity index (χ2n) is 4.82. The molecule has 0 aromatic heterocycles. The maximum Gasteiger partial charge on any atom is 0.387 e. The van der Waals surface area contributed by atoms with Gasteiger partial charge in [0.15, 0.2) is 0 Å². The predicted octanol–water partition coefficient (Wildman–Crippen LogP) is 1.62. The number of aliphatic hydroxyl groups is 1. The van der Waals surface area contributed by atoms with Gasteiger partial charge in [0, 0.05) is 24.4 Å². The van der Waals surface area contributed by atoms with Gasteiger partial charge in [0.25, 0.3) is 0 Å². The summed E-state index contributed by atoms with van der Waals surface area (Å²) in [5.41, 5.74) is -0.563. The third-order valence-electron chi connectivity index (χ3n) is 3.19. The third kappa shape index (κ3) is 3.56. The molecule has 1 heterocycles. The van der Waals surface area contributed by atoms with Crippen LogP contribution in [-0.4, -0.2) is 43.0 Å². The number of benzene rings is 1. The first-order valence-corrected chi connectivity index (χ1v) is 6.11. The highest BCUT2D eigenvalue weighted by Crippen LogP contribution is 2.33. The highest BCUT2D eigenvalue weighted by Gasteiger charge is 2.37. The fourth-order valence-electron chi connectivity index (χ4n) is 1.89.